The molecule has 2 aromatic rings. The fraction of sp³-hybridized carbons (Fsp3) is 0.182. The second-order valence-electron chi connectivity index (χ2n) is 3.70. The van der Waals surface area contributed by atoms with Crippen molar-refractivity contribution < 1.29 is 4.21 Å². The van der Waals surface area contributed by atoms with Crippen LogP contribution in [0.3, 0.4) is 0 Å². The number of nitrogens with zero attached hydrogens (tertiary/aromatic N) is 3. The molecule has 18 heavy (non-hydrogen) atoms. The largest absolute Gasteiger partial charge is 0.359 e. The molecule has 0 N–H and O–H groups in total. The van der Waals surface area contributed by atoms with Gasteiger partial charge in [-0.3, -0.25) is 4.79 Å². The number of hydrogen-bond donors (Lipinski definition) is 0. The van der Waals surface area contributed by atoms with Crippen molar-refractivity contribution in [1.82, 2.24) is 8.75 Å². The normalized spacial score (nSPS) is 12.1. The zero-order valence-electron chi connectivity index (χ0n) is 9.86. The quantitative estimate of drug-likeness (QED) is 0.844. The molecule has 5 nitrogen and oxygen atoms in total. The zero-order valence-corrected chi connectivity index (χ0v) is 11.5. The first kappa shape index (κ1) is 12.8. The minimum atomic E-state index is -1.57. The minimum absolute atomic E-state index is 0.0323. The predicted molar refractivity (Wildman–Crippen MR) is 71.6 cm³/mol. The monoisotopic (exact) mass is 281 g/mol. The summed E-state index contributed by atoms with van der Waals surface area (Å²) in [5.41, 5.74) is -0.388. The molecule has 0 saturated heterocycles. The van der Waals surface area contributed by atoms with E-state index in [0.717, 1.165) is 11.7 Å². The number of rotatable bonds is 3. The van der Waals surface area contributed by atoms with E-state index in [2.05, 4.69) is 8.75 Å². The second kappa shape index (κ2) is 5.36. The van der Waals surface area contributed by atoms with Crippen molar-refractivity contribution in [2.75, 3.05) is 19.0 Å². The van der Waals surface area contributed by atoms with Crippen LogP contribution in [0.1, 0.15) is 0 Å². The van der Waals surface area contributed by atoms with E-state index in [1.807, 2.05) is 6.07 Å². The molecule has 2 rings (SSSR count). The summed E-state index contributed by atoms with van der Waals surface area (Å²) < 4.78 is 20.1. The van der Waals surface area contributed by atoms with Gasteiger partial charge < -0.3 is 4.90 Å². The highest BCUT2D eigenvalue weighted by Gasteiger charge is 2.17. The van der Waals surface area contributed by atoms with E-state index < -0.39 is 10.8 Å². The Morgan fingerprint density at radius 1 is 1.17 bits per heavy atom. The Hall–Kier alpha value is -1.60. The van der Waals surface area contributed by atoms with Crippen LogP contribution in [0.2, 0.25) is 0 Å². The molecule has 7 heteroatoms. The summed E-state index contributed by atoms with van der Waals surface area (Å²) >= 11 is 0.887. The molecule has 0 bridgehead atoms. The van der Waals surface area contributed by atoms with E-state index in [-0.39, 0.29) is 16.3 Å². The lowest BCUT2D eigenvalue weighted by Gasteiger charge is -2.09. The Kier molecular flexibility index (Phi) is 3.83. The Labute approximate surface area is 111 Å². The van der Waals surface area contributed by atoms with Gasteiger partial charge >= 0.3 is 0 Å². The summed E-state index contributed by atoms with van der Waals surface area (Å²) in [6.45, 7) is 0. The number of aromatic nitrogens is 2. The van der Waals surface area contributed by atoms with Gasteiger partial charge in [-0.1, -0.05) is 18.2 Å². The van der Waals surface area contributed by atoms with E-state index in [4.69, 9.17) is 0 Å². The van der Waals surface area contributed by atoms with Crippen molar-refractivity contribution in [1.29, 1.82) is 0 Å². The molecule has 0 aliphatic rings. The average Bonchev–Trinajstić information content (AvgIpc) is 2.39. The van der Waals surface area contributed by atoms with Crippen LogP contribution in [0.25, 0.3) is 0 Å². The zero-order chi connectivity index (χ0) is 13.1. The van der Waals surface area contributed by atoms with E-state index in [9.17, 15) is 9.00 Å². The van der Waals surface area contributed by atoms with Gasteiger partial charge in [-0.25, -0.2) is 4.21 Å². The van der Waals surface area contributed by atoms with Gasteiger partial charge in [0.25, 0.3) is 5.43 Å². The van der Waals surface area contributed by atoms with E-state index >= 15 is 0 Å². The smallest absolute Gasteiger partial charge is 0.258 e. The predicted octanol–water partition coefficient (Wildman–Crippen LogP) is 1.13. The Morgan fingerprint density at radius 2 is 1.83 bits per heavy atom. The summed E-state index contributed by atoms with van der Waals surface area (Å²) in [5.74, 6) is 0.259. The van der Waals surface area contributed by atoms with E-state index in [1.165, 1.54) is 0 Å². The average molecular weight is 281 g/mol. The third-order valence-electron chi connectivity index (χ3n) is 2.20. The molecule has 0 amide bonds. The highest BCUT2D eigenvalue weighted by atomic mass is 32.2. The van der Waals surface area contributed by atoms with Crippen molar-refractivity contribution in [2.45, 2.75) is 9.92 Å². The third kappa shape index (κ3) is 2.46. The van der Waals surface area contributed by atoms with Crippen molar-refractivity contribution in [3.8, 4) is 0 Å². The van der Waals surface area contributed by atoms with Gasteiger partial charge in [0.2, 0.25) is 0 Å². The van der Waals surface area contributed by atoms with Crippen LogP contribution in [0.15, 0.2) is 45.0 Å². The number of benzene rings is 1. The van der Waals surface area contributed by atoms with Gasteiger partial charge in [0.1, 0.15) is 10.8 Å². The van der Waals surface area contributed by atoms with Gasteiger partial charge in [0, 0.05) is 19.0 Å². The standard InChI is InChI=1S/C11H11N3O2S2/c1-14(2)10-9(15)11(13-17-12-10)18(16)8-6-4-3-5-7-8/h3-7H,1-2H3. The van der Waals surface area contributed by atoms with Crippen LogP contribution < -0.4 is 10.3 Å². The molecule has 0 fully saturated rings. The molecule has 1 aromatic carbocycles. The number of hydrogen-bond acceptors (Lipinski definition) is 6. The molecule has 1 aromatic heterocycles. The van der Waals surface area contributed by atoms with Crippen molar-refractivity contribution in [2.24, 2.45) is 0 Å². The maximum Gasteiger partial charge on any atom is 0.258 e. The first-order valence-corrected chi connectivity index (χ1v) is 7.00. The van der Waals surface area contributed by atoms with Crippen LogP contribution in [0, 0.1) is 0 Å². The molecule has 0 saturated carbocycles. The molecule has 1 heterocycles. The fourth-order valence-electron chi connectivity index (χ4n) is 1.33. The van der Waals surface area contributed by atoms with Crippen molar-refractivity contribution in [3.63, 3.8) is 0 Å². The van der Waals surface area contributed by atoms with Crippen molar-refractivity contribution >= 4 is 28.3 Å². The molecule has 1 unspecified atom stereocenters. The molecule has 1 atom stereocenters. The van der Waals surface area contributed by atoms with Crippen LogP contribution >= 0.6 is 11.7 Å². The van der Waals surface area contributed by atoms with Crippen LogP contribution in [-0.2, 0) is 10.8 Å². The summed E-state index contributed by atoms with van der Waals surface area (Å²) in [4.78, 5) is 14.2. The number of anilines is 1. The molecule has 0 aliphatic heterocycles. The highest BCUT2D eigenvalue weighted by molar-refractivity contribution is 7.85. The minimum Gasteiger partial charge on any atom is -0.359 e. The SMILES string of the molecule is CN(C)c1nsnc(S(=O)c2ccccc2)c1=O. The van der Waals surface area contributed by atoms with E-state index in [0.29, 0.717) is 4.90 Å². The molecule has 0 aliphatic carbocycles. The highest BCUT2D eigenvalue weighted by Crippen LogP contribution is 2.13. The lowest BCUT2D eigenvalue weighted by Crippen LogP contribution is -2.23. The van der Waals surface area contributed by atoms with Gasteiger partial charge in [-0.2, -0.15) is 8.75 Å². The summed E-state index contributed by atoms with van der Waals surface area (Å²) in [6, 6.07) is 8.78. The summed E-state index contributed by atoms with van der Waals surface area (Å²) in [5, 5.41) is 0.0323. The first-order valence-electron chi connectivity index (χ1n) is 5.12. The Balaban J connectivity index is 2.50. The van der Waals surface area contributed by atoms with E-state index in [1.54, 1.807) is 43.3 Å². The van der Waals surface area contributed by atoms with Gasteiger partial charge in [-0.05, 0) is 12.1 Å². The van der Waals surface area contributed by atoms with Gasteiger partial charge in [-0.15, -0.1) is 0 Å². The molecular formula is C11H11N3O2S2. The lowest BCUT2D eigenvalue weighted by atomic mass is 10.4. The summed E-state index contributed by atoms with van der Waals surface area (Å²) in [7, 11) is 1.86. The van der Waals surface area contributed by atoms with Crippen LogP contribution in [0.4, 0.5) is 5.82 Å². The lowest BCUT2D eigenvalue weighted by molar-refractivity contribution is 0.680. The first-order chi connectivity index (χ1) is 8.61. The Bertz CT molecular complexity index is 626. The maximum atomic E-state index is 12.3. The summed E-state index contributed by atoms with van der Waals surface area (Å²) in [6.07, 6.45) is 0. The second-order valence-corrected chi connectivity index (χ2v) is 5.62. The Morgan fingerprint density at radius 3 is 2.44 bits per heavy atom. The van der Waals surface area contributed by atoms with Crippen molar-refractivity contribution in [3.05, 3.63) is 40.6 Å². The maximum absolute atomic E-state index is 12.3. The van der Waals surface area contributed by atoms with Gasteiger partial charge in [0.05, 0.1) is 11.7 Å². The topological polar surface area (TPSA) is 63.2 Å². The van der Waals surface area contributed by atoms with Gasteiger partial charge in [0.15, 0.2) is 10.8 Å². The molecule has 0 radical (unpaired) electrons. The molecule has 94 valence electrons. The van der Waals surface area contributed by atoms with Crippen LogP contribution in [-0.4, -0.2) is 27.1 Å². The molecular weight excluding hydrogens is 270 g/mol. The van der Waals surface area contributed by atoms with Crippen LogP contribution in [0.5, 0.6) is 0 Å². The fourth-order valence-corrected chi connectivity index (χ4v) is 3.11. The molecule has 0 spiro atoms. The third-order valence-corrected chi connectivity index (χ3v) is 4.17.